The van der Waals surface area contributed by atoms with E-state index < -0.39 is 0 Å². The molecule has 0 aliphatic heterocycles. The lowest BCUT2D eigenvalue weighted by Gasteiger charge is -2.21. The highest BCUT2D eigenvalue weighted by molar-refractivity contribution is 5.03. The Balaban J connectivity index is 2.15. The van der Waals surface area contributed by atoms with Crippen LogP contribution in [0.15, 0.2) is 12.2 Å². The minimum atomic E-state index is -0.209. The minimum Gasteiger partial charge on any atom is -0.393 e. The van der Waals surface area contributed by atoms with Crippen molar-refractivity contribution in [1.82, 2.24) is 0 Å². The summed E-state index contributed by atoms with van der Waals surface area (Å²) in [5.41, 5.74) is 0. The number of hydrogen-bond acceptors (Lipinski definition) is 2. The van der Waals surface area contributed by atoms with Crippen LogP contribution in [0, 0.1) is 11.8 Å². The average Bonchev–Trinajstić information content (AvgIpc) is 2.30. The molecule has 0 radical (unpaired) electrons. The first-order chi connectivity index (χ1) is 5.79. The van der Waals surface area contributed by atoms with Crippen molar-refractivity contribution in [2.75, 3.05) is 0 Å². The summed E-state index contributed by atoms with van der Waals surface area (Å²) in [6.07, 6.45) is 7.46. The zero-order chi connectivity index (χ0) is 8.55. The highest BCUT2D eigenvalue weighted by Crippen LogP contribution is 2.38. The summed E-state index contributed by atoms with van der Waals surface area (Å²) in [5, 5.41) is 19.3. The Hall–Kier alpha value is -0.340. The fourth-order valence-electron chi connectivity index (χ4n) is 2.49. The van der Waals surface area contributed by atoms with Gasteiger partial charge in [-0.3, -0.25) is 0 Å². The van der Waals surface area contributed by atoms with Crippen molar-refractivity contribution >= 4 is 0 Å². The topological polar surface area (TPSA) is 40.5 Å². The third kappa shape index (κ3) is 1.29. The number of rotatable bonds is 0. The summed E-state index contributed by atoms with van der Waals surface area (Å²) in [5.74, 6) is 0.543. The van der Waals surface area contributed by atoms with Crippen molar-refractivity contribution in [2.45, 2.75) is 37.9 Å². The standard InChI is InChI=1S/C10H16O2/c11-9-4-2-1-3-7-8(9)5-6-10(7)12/h1,3,7-12H,2,4-6H2/t7-,8-,9+,10+/m1/s1. The van der Waals surface area contributed by atoms with Crippen LogP contribution in [0.5, 0.6) is 0 Å². The van der Waals surface area contributed by atoms with E-state index in [4.69, 9.17) is 0 Å². The fourth-order valence-corrected chi connectivity index (χ4v) is 2.49. The first kappa shape index (κ1) is 8.27. The zero-order valence-corrected chi connectivity index (χ0v) is 7.19. The van der Waals surface area contributed by atoms with Gasteiger partial charge in [-0.05, 0) is 31.6 Å². The molecule has 0 aromatic rings. The molecule has 0 spiro atoms. The fraction of sp³-hybridized carbons (Fsp3) is 0.800. The van der Waals surface area contributed by atoms with Crippen LogP contribution in [0.25, 0.3) is 0 Å². The number of aliphatic hydroxyl groups excluding tert-OH is 2. The second kappa shape index (κ2) is 3.19. The monoisotopic (exact) mass is 168 g/mol. The maximum absolute atomic E-state index is 9.73. The van der Waals surface area contributed by atoms with Crippen molar-refractivity contribution in [2.24, 2.45) is 11.8 Å². The smallest absolute Gasteiger partial charge is 0.0606 e. The Kier molecular flexibility index (Phi) is 2.20. The summed E-state index contributed by atoms with van der Waals surface area (Å²) >= 11 is 0. The van der Waals surface area contributed by atoms with Crippen LogP contribution >= 0.6 is 0 Å². The zero-order valence-electron chi connectivity index (χ0n) is 7.19. The van der Waals surface area contributed by atoms with Crippen LogP contribution in [-0.2, 0) is 0 Å². The molecule has 1 saturated carbocycles. The highest BCUT2D eigenvalue weighted by atomic mass is 16.3. The molecule has 2 heteroatoms. The van der Waals surface area contributed by atoms with E-state index >= 15 is 0 Å². The molecule has 2 nitrogen and oxygen atoms in total. The lowest BCUT2D eigenvalue weighted by molar-refractivity contribution is 0.0676. The Morgan fingerprint density at radius 1 is 1.00 bits per heavy atom. The van der Waals surface area contributed by atoms with Gasteiger partial charge in [0.1, 0.15) is 0 Å². The summed E-state index contributed by atoms with van der Waals surface area (Å²) in [4.78, 5) is 0. The number of fused-ring (bicyclic) bond motifs is 1. The van der Waals surface area contributed by atoms with Gasteiger partial charge in [0.05, 0.1) is 12.2 Å². The molecule has 2 aliphatic rings. The Bertz CT molecular complexity index is 188. The summed E-state index contributed by atoms with van der Waals surface area (Å²) in [6, 6.07) is 0. The predicted molar refractivity (Wildman–Crippen MR) is 46.6 cm³/mol. The summed E-state index contributed by atoms with van der Waals surface area (Å²) < 4.78 is 0. The molecular formula is C10H16O2. The summed E-state index contributed by atoms with van der Waals surface area (Å²) in [7, 11) is 0. The van der Waals surface area contributed by atoms with Crippen molar-refractivity contribution in [3.63, 3.8) is 0 Å². The minimum absolute atomic E-state index is 0.192. The Labute approximate surface area is 72.9 Å². The predicted octanol–water partition coefficient (Wildman–Crippen LogP) is 1.08. The van der Waals surface area contributed by atoms with E-state index in [2.05, 4.69) is 12.2 Å². The van der Waals surface area contributed by atoms with E-state index in [9.17, 15) is 10.2 Å². The molecular weight excluding hydrogens is 152 g/mol. The van der Waals surface area contributed by atoms with Gasteiger partial charge in [-0.15, -0.1) is 0 Å². The second-order valence-corrected chi connectivity index (χ2v) is 3.96. The van der Waals surface area contributed by atoms with Crippen LogP contribution in [0.2, 0.25) is 0 Å². The van der Waals surface area contributed by atoms with Crippen LogP contribution in [-0.4, -0.2) is 22.4 Å². The van der Waals surface area contributed by atoms with Crippen molar-refractivity contribution in [3.05, 3.63) is 12.2 Å². The van der Waals surface area contributed by atoms with E-state index in [0.29, 0.717) is 5.92 Å². The maximum atomic E-state index is 9.73. The Morgan fingerprint density at radius 3 is 2.67 bits per heavy atom. The molecule has 0 aromatic heterocycles. The maximum Gasteiger partial charge on any atom is 0.0606 e. The van der Waals surface area contributed by atoms with Gasteiger partial charge in [0.15, 0.2) is 0 Å². The second-order valence-electron chi connectivity index (χ2n) is 3.96. The van der Waals surface area contributed by atoms with Gasteiger partial charge >= 0.3 is 0 Å². The number of allylic oxidation sites excluding steroid dienone is 1. The molecule has 2 rings (SSSR count). The lowest BCUT2D eigenvalue weighted by atomic mass is 9.90. The number of aliphatic hydroxyl groups is 2. The molecule has 0 heterocycles. The molecule has 0 bridgehead atoms. The van der Waals surface area contributed by atoms with Gasteiger partial charge in [0.25, 0.3) is 0 Å². The quantitative estimate of drug-likeness (QED) is 0.531. The largest absolute Gasteiger partial charge is 0.393 e. The van der Waals surface area contributed by atoms with Crippen LogP contribution in [0.4, 0.5) is 0 Å². The van der Waals surface area contributed by atoms with Gasteiger partial charge in [-0.1, -0.05) is 12.2 Å². The van der Waals surface area contributed by atoms with Gasteiger partial charge in [0, 0.05) is 5.92 Å². The first-order valence-corrected chi connectivity index (χ1v) is 4.82. The highest BCUT2D eigenvalue weighted by Gasteiger charge is 2.37. The van der Waals surface area contributed by atoms with Gasteiger partial charge < -0.3 is 10.2 Å². The molecule has 2 aliphatic carbocycles. The SMILES string of the molecule is O[C@H]1CC[C@@H]2[C@H]1C=CCC[C@@H]2O. The molecule has 4 atom stereocenters. The molecule has 12 heavy (non-hydrogen) atoms. The van der Waals surface area contributed by atoms with Crippen molar-refractivity contribution < 1.29 is 10.2 Å². The number of hydrogen-bond donors (Lipinski definition) is 2. The van der Waals surface area contributed by atoms with Crippen molar-refractivity contribution in [3.8, 4) is 0 Å². The molecule has 0 saturated heterocycles. The van der Waals surface area contributed by atoms with E-state index in [0.717, 1.165) is 25.7 Å². The average molecular weight is 168 g/mol. The van der Waals surface area contributed by atoms with Crippen molar-refractivity contribution in [1.29, 1.82) is 0 Å². The summed E-state index contributed by atoms with van der Waals surface area (Å²) in [6.45, 7) is 0. The normalized spacial score (nSPS) is 47.2. The van der Waals surface area contributed by atoms with Gasteiger partial charge in [0.2, 0.25) is 0 Å². The molecule has 0 aromatic carbocycles. The molecule has 68 valence electrons. The van der Waals surface area contributed by atoms with E-state index in [-0.39, 0.29) is 18.1 Å². The van der Waals surface area contributed by atoms with Gasteiger partial charge in [-0.25, -0.2) is 0 Å². The molecule has 2 N–H and O–H groups in total. The molecule has 0 amide bonds. The van der Waals surface area contributed by atoms with Gasteiger partial charge in [-0.2, -0.15) is 0 Å². The lowest BCUT2D eigenvalue weighted by Crippen LogP contribution is -2.25. The first-order valence-electron chi connectivity index (χ1n) is 4.82. The van der Waals surface area contributed by atoms with Crippen LogP contribution in [0.3, 0.4) is 0 Å². The third-order valence-electron chi connectivity index (χ3n) is 3.22. The van der Waals surface area contributed by atoms with E-state index in [1.165, 1.54) is 0 Å². The van der Waals surface area contributed by atoms with Crippen LogP contribution in [0.1, 0.15) is 25.7 Å². The Morgan fingerprint density at radius 2 is 1.83 bits per heavy atom. The third-order valence-corrected chi connectivity index (χ3v) is 3.22. The van der Waals surface area contributed by atoms with Crippen LogP contribution < -0.4 is 0 Å². The van der Waals surface area contributed by atoms with E-state index in [1.54, 1.807) is 0 Å². The molecule has 1 fully saturated rings. The van der Waals surface area contributed by atoms with E-state index in [1.807, 2.05) is 0 Å². The molecule has 0 unspecified atom stereocenters.